The van der Waals surface area contributed by atoms with Crippen molar-refractivity contribution in [2.45, 2.75) is 6.04 Å². The lowest BCUT2D eigenvalue weighted by Crippen LogP contribution is -2.07. The van der Waals surface area contributed by atoms with Crippen molar-refractivity contribution in [1.29, 1.82) is 5.26 Å². The number of halogens is 12. The number of rotatable bonds is 3. The van der Waals surface area contributed by atoms with Crippen LogP contribution in [0.1, 0.15) is 11.6 Å². The molecule has 32 heavy (non-hydrogen) atoms. The van der Waals surface area contributed by atoms with Crippen molar-refractivity contribution >= 4 is 27.5 Å². The largest absolute Gasteiger partial charge is 0.673 e. The summed E-state index contributed by atoms with van der Waals surface area (Å²) in [5.41, 5.74) is 1.72. The van der Waals surface area contributed by atoms with E-state index in [1.54, 1.807) is 24.3 Å². The van der Waals surface area contributed by atoms with Crippen LogP contribution >= 0.6 is 0 Å². The van der Waals surface area contributed by atoms with Gasteiger partial charge in [0, 0.05) is 5.69 Å². The van der Waals surface area contributed by atoms with Crippen LogP contribution in [0.2, 0.25) is 0 Å². The van der Waals surface area contributed by atoms with Gasteiger partial charge in [-0.15, -0.1) is 0 Å². The minimum Gasteiger partial charge on any atom is -0.508 e. The lowest BCUT2D eigenvalue weighted by molar-refractivity contribution is 0.366. The fraction of sp³-hybridized carbons (Fsp3) is 0.0714. The zero-order valence-electron chi connectivity index (χ0n) is 15.4. The first-order valence-corrected chi connectivity index (χ1v) is 7.91. The Hall–Kier alpha value is -3.12. The Kier molecular flexibility index (Phi) is 13.6. The van der Waals surface area contributed by atoms with Crippen molar-refractivity contribution in [3.8, 4) is 11.8 Å². The highest BCUT2D eigenvalue weighted by molar-refractivity contribution is 6.50. The molecule has 0 fully saturated rings. The number of phenols is 1. The Labute approximate surface area is 174 Å². The highest BCUT2D eigenvalue weighted by atomic mass is 19.5. The second-order valence-corrected chi connectivity index (χ2v) is 5.15. The molecule has 0 spiro atoms. The van der Waals surface area contributed by atoms with E-state index in [4.69, 9.17) is 5.26 Å². The molecule has 0 bridgehead atoms. The van der Waals surface area contributed by atoms with E-state index >= 15 is 0 Å². The molecule has 0 aliphatic carbocycles. The van der Waals surface area contributed by atoms with Gasteiger partial charge < -0.3 is 62.2 Å². The maximum Gasteiger partial charge on any atom is 0.673 e. The van der Waals surface area contributed by atoms with Crippen LogP contribution in [0.4, 0.5) is 57.5 Å². The number of nitrogens with zero attached hydrogens (tertiary/aromatic N) is 1. The molecule has 18 heteroatoms. The summed E-state index contributed by atoms with van der Waals surface area (Å²) in [5, 5.41) is 21.5. The van der Waals surface area contributed by atoms with E-state index in [1.165, 1.54) is 0 Å². The van der Waals surface area contributed by atoms with E-state index in [0.29, 0.717) is 0 Å². The van der Waals surface area contributed by atoms with Gasteiger partial charge in [-0.2, -0.15) is 5.26 Å². The topological polar surface area (TPSA) is 56.0 Å². The molecule has 2 rings (SSSR count). The van der Waals surface area contributed by atoms with Crippen LogP contribution in [-0.2, 0) is 0 Å². The van der Waals surface area contributed by atoms with E-state index in [1.807, 2.05) is 30.3 Å². The van der Waals surface area contributed by atoms with Gasteiger partial charge in [-0.3, -0.25) is 0 Å². The molecule has 2 aromatic carbocycles. The standard InChI is InChI=1S/C14H12N2O.3BF4/c15-10-14(11-6-8-13(17)9-7-11)16-12-4-2-1-3-5-12;3*2-1(3,4)5/h1-9,14,16-17H;;;/q;3*-1. The molecular formula is C14H12B3F12N2O-3. The first kappa shape index (κ1) is 31.1. The van der Waals surface area contributed by atoms with E-state index in [-0.39, 0.29) is 5.75 Å². The molecule has 0 radical (unpaired) electrons. The third-order valence-corrected chi connectivity index (χ3v) is 2.44. The van der Waals surface area contributed by atoms with Crippen LogP contribution < -0.4 is 5.32 Å². The lowest BCUT2D eigenvalue weighted by Gasteiger charge is -2.13. The third kappa shape index (κ3) is 29.1. The molecule has 1 unspecified atom stereocenters. The average molecular weight is 485 g/mol. The molecule has 1 atom stereocenters. The molecule has 2 aromatic rings. The highest BCUT2D eigenvalue weighted by Gasteiger charge is 2.21. The van der Waals surface area contributed by atoms with E-state index in [0.717, 1.165) is 11.3 Å². The van der Waals surface area contributed by atoms with Gasteiger partial charge in [-0.05, 0) is 29.8 Å². The number of hydrogen-bond acceptors (Lipinski definition) is 3. The minimum absolute atomic E-state index is 0.199. The summed E-state index contributed by atoms with van der Waals surface area (Å²) in [6, 6.07) is 18.0. The highest BCUT2D eigenvalue weighted by Crippen LogP contribution is 2.20. The molecule has 0 aromatic heterocycles. The van der Waals surface area contributed by atoms with Crippen LogP contribution in [-0.4, -0.2) is 26.9 Å². The average Bonchev–Trinajstić information content (AvgIpc) is 2.57. The van der Waals surface area contributed by atoms with Crippen molar-refractivity contribution in [2.75, 3.05) is 5.32 Å². The van der Waals surface area contributed by atoms with Gasteiger partial charge in [-0.25, -0.2) is 0 Å². The van der Waals surface area contributed by atoms with Crippen molar-refractivity contribution in [2.24, 2.45) is 0 Å². The summed E-state index contributed by atoms with van der Waals surface area (Å²) < 4.78 is 117. The van der Waals surface area contributed by atoms with Crippen LogP contribution in [0.5, 0.6) is 5.75 Å². The number of nitriles is 1. The Morgan fingerprint density at radius 1 is 0.656 bits per heavy atom. The monoisotopic (exact) mass is 485 g/mol. The number of nitrogens with one attached hydrogen (secondary N) is 1. The smallest absolute Gasteiger partial charge is 0.508 e. The number of benzene rings is 2. The Bertz CT molecular complexity index is 746. The number of hydrogen-bond donors (Lipinski definition) is 2. The van der Waals surface area contributed by atoms with Gasteiger partial charge in [-0.1, -0.05) is 30.3 Å². The Balaban J connectivity index is 0. The van der Waals surface area contributed by atoms with Gasteiger partial charge in [0.05, 0.1) is 6.07 Å². The van der Waals surface area contributed by atoms with Gasteiger partial charge in [0.15, 0.2) is 0 Å². The molecular weight excluding hydrogens is 473 g/mol. The molecule has 3 nitrogen and oxygen atoms in total. The summed E-state index contributed by atoms with van der Waals surface area (Å²) in [5.74, 6) is 0.199. The first-order chi connectivity index (χ1) is 14.3. The van der Waals surface area contributed by atoms with Crippen molar-refractivity contribution in [3.63, 3.8) is 0 Å². The Morgan fingerprint density at radius 2 is 1.00 bits per heavy atom. The van der Waals surface area contributed by atoms with Crippen LogP contribution in [0.3, 0.4) is 0 Å². The quantitative estimate of drug-likeness (QED) is 0.365. The van der Waals surface area contributed by atoms with Crippen LogP contribution in [0, 0.1) is 11.3 Å². The van der Waals surface area contributed by atoms with Gasteiger partial charge in [0.1, 0.15) is 11.8 Å². The first-order valence-electron chi connectivity index (χ1n) is 7.91. The summed E-state index contributed by atoms with van der Waals surface area (Å²) >= 11 is 0. The molecule has 0 amide bonds. The normalized spacial score (nSPS) is 11.7. The molecule has 0 saturated heterocycles. The summed E-state index contributed by atoms with van der Waals surface area (Å²) in [6.45, 7) is 0. The van der Waals surface area contributed by atoms with Crippen LogP contribution in [0.25, 0.3) is 0 Å². The predicted octanol–water partition coefficient (Wildman–Crippen LogP) is 6.97. The van der Waals surface area contributed by atoms with Gasteiger partial charge in [0.2, 0.25) is 0 Å². The minimum atomic E-state index is -6.00. The van der Waals surface area contributed by atoms with Crippen molar-refractivity contribution in [1.82, 2.24) is 0 Å². The number of anilines is 1. The second kappa shape index (κ2) is 14.0. The molecule has 0 aliphatic rings. The fourth-order valence-electron chi connectivity index (χ4n) is 1.56. The zero-order chi connectivity index (χ0) is 25.6. The molecule has 180 valence electrons. The third-order valence-electron chi connectivity index (χ3n) is 2.44. The molecule has 2 N–H and O–H groups in total. The lowest BCUT2D eigenvalue weighted by atomic mass is 10.1. The summed E-state index contributed by atoms with van der Waals surface area (Å²) in [6.07, 6.45) is 0. The van der Waals surface area contributed by atoms with Gasteiger partial charge in [0.25, 0.3) is 0 Å². The zero-order valence-corrected chi connectivity index (χ0v) is 15.4. The maximum absolute atomic E-state index is 9.75. The van der Waals surface area contributed by atoms with Crippen molar-refractivity contribution < 1.29 is 56.9 Å². The number of para-hydroxylation sites is 1. The van der Waals surface area contributed by atoms with E-state index in [9.17, 15) is 56.9 Å². The maximum atomic E-state index is 9.75. The van der Waals surface area contributed by atoms with Crippen LogP contribution in [0.15, 0.2) is 54.6 Å². The Morgan fingerprint density at radius 3 is 1.31 bits per heavy atom. The molecule has 0 saturated carbocycles. The van der Waals surface area contributed by atoms with Gasteiger partial charge >= 0.3 is 21.8 Å². The van der Waals surface area contributed by atoms with E-state index in [2.05, 4.69) is 11.4 Å². The summed E-state index contributed by atoms with van der Waals surface area (Å²) in [4.78, 5) is 0. The fourth-order valence-corrected chi connectivity index (χ4v) is 1.56. The molecule has 0 heterocycles. The SMILES string of the molecule is F[B-](F)(F)F.F[B-](F)(F)F.F[B-](F)(F)F.N#CC(Nc1ccccc1)c1ccc(O)cc1. The molecule has 0 aliphatic heterocycles. The number of aromatic hydroxyl groups is 1. The second-order valence-electron chi connectivity index (χ2n) is 5.15. The number of phenolic OH excluding ortho intramolecular Hbond substituents is 1. The van der Waals surface area contributed by atoms with Crippen molar-refractivity contribution in [3.05, 3.63) is 60.2 Å². The summed E-state index contributed by atoms with van der Waals surface area (Å²) in [7, 11) is -18.0. The van der Waals surface area contributed by atoms with E-state index < -0.39 is 27.8 Å². The predicted molar refractivity (Wildman–Crippen MR) is 97.1 cm³/mol.